The van der Waals surface area contributed by atoms with E-state index in [4.69, 9.17) is 14.2 Å². The Labute approximate surface area is 99.3 Å². The first-order valence-electron chi connectivity index (χ1n) is 5.80. The molecule has 0 aromatic rings. The molecule has 0 radical (unpaired) electrons. The van der Waals surface area contributed by atoms with Crippen LogP contribution >= 0.6 is 0 Å². The fourth-order valence-electron chi connectivity index (χ4n) is 3.39. The third-order valence-electron chi connectivity index (χ3n) is 4.52. The summed E-state index contributed by atoms with van der Waals surface area (Å²) in [7, 11) is 1.54. The van der Waals surface area contributed by atoms with Crippen LogP contribution in [0.2, 0.25) is 0 Å². The van der Waals surface area contributed by atoms with Gasteiger partial charge in [-0.05, 0) is 6.92 Å². The molecule has 2 heterocycles. The predicted molar refractivity (Wildman–Crippen MR) is 56.6 cm³/mol. The molecule has 6 atom stereocenters. The molecule has 0 spiro atoms. The molecule has 3 rings (SSSR count). The van der Waals surface area contributed by atoms with Crippen LogP contribution in [0.3, 0.4) is 0 Å². The Hall–Kier alpha value is -1.07. The van der Waals surface area contributed by atoms with Crippen molar-refractivity contribution in [2.75, 3.05) is 7.11 Å². The van der Waals surface area contributed by atoms with E-state index in [9.17, 15) is 9.90 Å². The first-order chi connectivity index (χ1) is 7.98. The molecule has 1 aliphatic carbocycles. The highest BCUT2D eigenvalue weighted by atomic mass is 16.7. The molecule has 3 aliphatic rings. The van der Waals surface area contributed by atoms with E-state index in [1.165, 1.54) is 13.4 Å². The van der Waals surface area contributed by atoms with Crippen LogP contribution in [0.25, 0.3) is 0 Å². The zero-order valence-corrected chi connectivity index (χ0v) is 10.0. The second kappa shape index (κ2) is 3.23. The summed E-state index contributed by atoms with van der Waals surface area (Å²) >= 11 is 0. The molecule has 1 saturated carbocycles. The van der Waals surface area contributed by atoms with Crippen LogP contribution in [0.15, 0.2) is 11.8 Å². The van der Waals surface area contributed by atoms with Crippen molar-refractivity contribution in [1.29, 1.82) is 0 Å². The summed E-state index contributed by atoms with van der Waals surface area (Å²) in [6.45, 7) is 3.65. The Morgan fingerprint density at radius 1 is 1.53 bits per heavy atom. The smallest absolute Gasteiger partial charge is 0.337 e. The SMILES string of the molecule is COC1OC=C2C(=O)O[C@@H]3C(C)[C@](C)(O)[C@@H]1[C@@H]23. The number of carbonyl (C=O) groups is 1. The largest absolute Gasteiger partial charge is 0.472 e. The van der Waals surface area contributed by atoms with Crippen LogP contribution in [0.4, 0.5) is 0 Å². The van der Waals surface area contributed by atoms with Gasteiger partial charge in [-0.2, -0.15) is 0 Å². The van der Waals surface area contributed by atoms with E-state index in [1.54, 1.807) is 6.92 Å². The molecule has 5 heteroatoms. The van der Waals surface area contributed by atoms with Gasteiger partial charge >= 0.3 is 5.97 Å². The molecule has 2 unspecified atom stereocenters. The van der Waals surface area contributed by atoms with Gasteiger partial charge in [-0.3, -0.25) is 0 Å². The molecular formula is C12H16O5. The number of esters is 1. The van der Waals surface area contributed by atoms with E-state index < -0.39 is 11.9 Å². The maximum absolute atomic E-state index is 11.7. The fraction of sp³-hybridized carbons (Fsp3) is 0.750. The lowest BCUT2D eigenvalue weighted by Crippen LogP contribution is -2.47. The lowest BCUT2D eigenvalue weighted by Gasteiger charge is -2.37. The van der Waals surface area contributed by atoms with E-state index >= 15 is 0 Å². The Bertz CT molecular complexity index is 400. The molecule has 5 nitrogen and oxygen atoms in total. The predicted octanol–water partition coefficient (Wildman–Crippen LogP) is 0.432. The van der Waals surface area contributed by atoms with Crippen molar-refractivity contribution < 1.29 is 24.1 Å². The van der Waals surface area contributed by atoms with E-state index in [0.717, 1.165) is 0 Å². The number of hydrogen-bond acceptors (Lipinski definition) is 5. The number of carbonyl (C=O) groups excluding carboxylic acids is 1. The quantitative estimate of drug-likeness (QED) is 0.673. The first kappa shape index (κ1) is 11.0. The second-order valence-corrected chi connectivity index (χ2v) is 5.25. The van der Waals surface area contributed by atoms with Crippen molar-refractivity contribution in [1.82, 2.24) is 0 Å². The molecule has 2 fully saturated rings. The molecule has 1 N–H and O–H groups in total. The van der Waals surface area contributed by atoms with Crippen LogP contribution < -0.4 is 0 Å². The molecule has 0 bridgehead atoms. The highest BCUT2D eigenvalue weighted by molar-refractivity contribution is 5.92. The average Bonchev–Trinajstić information content (AvgIpc) is 2.72. The summed E-state index contributed by atoms with van der Waals surface area (Å²) < 4.78 is 16.0. The van der Waals surface area contributed by atoms with Crippen molar-refractivity contribution in [3.8, 4) is 0 Å². The number of aliphatic hydroxyl groups is 1. The van der Waals surface area contributed by atoms with Crippen LogP contribution in [-0.2, 0) is 19.0 Å². The molecule has 94 valence electrons. The summed E-state index contributed by atoms with van der Waals surface area (Å²) in [5.74, 6) is -0.848. The monoisotopic (exact) mass is 240 g/mol. The summed E-state index contributed by atoms with van der Waals surface area (Å²) in [6.07, 6.45) is 0.627. The van der Waals surface area contributed by atoms with Gasteiger partial charge in [0.15, 0.2) is 0 Å². The van der Waals surface area contributed by atoms with Crippen LogP contribution in [0, 0.1) is 17.8 Å². The molecule has 0 aromatic heterocycles. The van der Waals surface area contributed by atoms with Crippen molar-refractivity contribution in [3.63, 3.8) is 0 Å². The van der Waals surface area contributed by atoms with Gasteiger partial charge in [0.1, 0.15) is 6.10 Å². The van der Waals surface area contributed by atoms with Crippen molar-refractivity contribution >= 4 is 5.97 Å². The fourth-order valence-corrected chi connectivity index (χ4v) is 3.39. The summed E-state index contributed by atoms with van der Waals surface area (Å²) in [4.78, 5) is 11.7. The van der Waals surface area contributed by atoms with Crippen LogP contribution in [0.5, 0.6) is 0 Å². The van der Waals surface area contributed by atoms with Crippen molar-refractivity contribution in [2.24, 2.45) is 17.8 Å². The zero-order chi connectivity index (χ0) is 12.4. The van der Waals surface area contributed by atoms with E-state index in [-0.39, 0.29) is 29.8 Å². The number of hydrogen-bond donors (Lipinski definition) is 1. The number of methoxy groups -OCH3 is 1. The Balaban J connectivity index is 2.09. The highest BCUT2D eigenvalue weighted by Gasteiger charge is 2.66. The molecule has 0 amide bonds. The minimum atomic E-state index is -0.962. The van der Waals surface area contributed by atoms with Gasteiger partial charge in [-0.1, -0.05) is 6.92 Å². The van der Waals surface area contributed by atoms with Gasteiger partial charge in [0.05, 0.1) is 23.4 Å². The summed E-state index contributed by atoms with van der Waals surface area (Å²) in [5, 5.41) is 10.6. The Morgan fingerprint density at radius 2 is 2.24 bits per heavy atom. The van der Waals surface area contributed by atoms with Gasteiger partial charge in [-0.15, -0.1) is 0 Å². The molecule has 1 saturated heterocycles. The standard InChI is InChI=1S/C12H16O5/c1-5-9-7-6(10(13)17-9)4-16-11(15-3)8(7)12(5,2)14/h4-5,7-9,11,14H,1-3H3/t5?,7-,8-,9-,11?,12+/m1/s1. The number of ether oxygens (including phenoxy) is 3. The third kappa shape index (κ3) is 1.18. The maximum atomic E-state index is 11.7. The Kier molecular flexibility index (Phi) is 2.10. The Morgan fingerprint density at radius 3 is 2.88 bits per heavy atom. The van der Waals surface area contributed by atoms with Crippen LogP contribution in [-0.4, -0.2) is 36.2 Å². The minimum absolute atomic E-state index is 0.119. The highest BCUT2D eigenvalue weighted by Crippen LogP contribution is 2.55. The maximum Gasteiger partial charge on any atom is 0.337 e. The zero-order valence-electron chi connectivity index (χ0n) is 10.0. The second-order valence-electron chi connectivity index (χ2n) is 5.25. The van der Waals surface area contributed by atoms with Crippen LogP contribution in [0.1, 0.15) is 13.8 Å². The van der Waals surface area contributed by atoms with E-state index in [1.807, 2.05) is 6.92 Å². The van der Waals surface area contributed by atoms with Gasteiger partial charge in [0.25, 0.3) is 0 Å². The van der Waals surface area contributed by atoms with Gasteiger partial charge < -0.3 is 19.3 Å². The lowest BCUT2D eigenvalue weighted by atomic mass is 9.80. The number of rotatable bonds is 1. The normalized spacial score (nSPS) is 51.6. The molecule has 0 aromatic carbocycles. The lowest BCUT2D eigenvalue weighted by molar-refractivity contribution is -0.184. The average molecular weight is 240 g/mol. The first-order valence-corrected chi connectivity index (χ1v) is 5.80. The molecule has 17 heavy (non-hydrogen) atoms. The van der Waals surface area contributed by atoms with E-state index in [0.29, 0.717) is 5.57 Å². The van der Waals surface area contributed by atoms with Crippen molar-refractivity contribution in [2.45, 2.75) is 31.8 Å². The summed E-state index contributed by atoms with van der Waals surface area (Å²) in [6, 6.07) is 0. The van der Waals surface area contributed by atoms with Gasteiger partial charge in [-0.25, -0.2) is 4.79 Å². The minimum Gasteiger partial charge on any atom is -0.472 e. The summed E-state index contributed by atoms with van der Waals surface area (Å²) in [5.41, 5.74) is -0.436. The molecule has 2 aliphatic heterocycles. The van der Waals surface area contributed by atoms with E-state index in [2.05, 4.69) is 0 Å². The molecular weight excluding hydrogens is 224 g/mol. The topological polar surface area (TPSA) is 65.0 Å². The third-order valence-corrected chi connectivity index (χ3v) is 4.52. The van der Waals surface area contributed by atoms with Gasteiger partial charge in [0.2, 0.25) is 6.29 Å². The van der Waals surface area contributed by atoms with Gasteiger partial charge in [0, 0.05) is 18.9 Å². The van der Waals surface area contributed by atoms with Crippen molar-refractivity contribution in [3.05, 3.63) is 11.8 Å².